The number of aryl methyl sites for hydroxylation is 1. The Labute approximate surface area is 105 Å². The summed E-state index contributed by atoms with van der Waals surface area (Å²) in [7, 11) is 1.37. The van der Waals surface area contributed by atoms with Crippen molar-refractivity contribution in [2.75, 3.05) is 7.11 Å². The van der Waals surface area contributed by atoms with Gasteiger partial charge in [-0.15, -0.1) is 0 Å². The highest BCUT2D eigenvalue weighted by atomic mass is 16.5. The monoisotopic (exact) mass is 242 g/mol. The Balaban J connectivity index is 2.58. The second kappa shape index (κ2) is 5.45. The van der Waals surface area contributed by atoms with Gasteiger partial charge in [-0.25, -0.2) is 4.79 Å². The van der Waals surface area contributed by atoms with Crippen LogP contribution in [0.15, 0.2) is 36.4 Å². The molecule has 0 bridgehead atoms. The van der Waals surface area contributed by atoms with E-state index in [1.807, 2.05) is 30.3 Å². The van der Waals surface area contributed by atoms with Crippen LogP contribution >= 0.6 is 0 Å². The zero-order chi connectivity index (χ0) is 13.0. The summed E-state index contributed by atoms with van der Waals surface area (Å²) in [5.41, 5.74) is 1.63. The van der Waals surface area contributed by atoms with E-state index in [0.717, 1.165) is 22.6 Å². The zero-order valence-electron chi connectivity index (χ0n) is 10.2. The number of hydrogen-bond acceptors (Lipinski definition) is 3. The molecule has 92 valence electrons. The summed E-state index contributed by atoms with van der Waals surface area (Å²) in [6, 6.07) is 11.3. The molecule has 0 atom stereocenters. The standard InChI is InChI=1S/C15H14O3/c1-18-15(17)14-9-8-11(5-4-10-16)12-6-2-3-7-13(12)14/h2-3,6-10H,4-5H2,1H3. The molecule has 0 saturated heterocycles. The molecule has 0 fully saturated rings. The number of carbonyl (C=O) groups excluding carboxylic acids is 2. The predicted octanol–water partition coefficient (Wildman–Crippen LogP) is 2.76. The molecule has 2 aromatic carbocycles. The van der Waals surface area contributed by atoms with Gasteiger partial charge in [-0.05, 0) is 28.8 Å². The molecule has 0 aromatic heterocycles. The van der Waals surface area contributed by atoms with Crippen molar-refractivity contribution in [2.45, 2.75) is 12.8 Å². The zero-order valence-corrected chi connectivity index (χ0v) is 10.2. The number of hydrogen-bond donors (Lipinski definition) is 0. The molecule has 2 aromatic rings. The molecule has 0 spiro atoms. The first kappa shape index (κ1) is 12.3. The first-order chi connectivity index (χ1) is 8.77. The number of carbonyl (C=O) groups is 2. The molecular formula is C15H14O3. The number of rotatable bonds is 4. The predicted molar refractivity (Wildman–Crippen MR) is 69.7 cm³/mol. The minimum atomic E-state index is -0.340. The third kappa shape index (κ3) is 2.25. The lowest BCUT2D eigenvalue weighted by Crippen LogP contribution is -2.03. The van der Waals surface area contributed by atoms with Crippen LogP contribution in [0.25, 0.3) is 10.8 Å². The lowest BCUT2D eigenvalue weighted by molar-refractivity contribution is -0.107. The number of fused-ring (bicyclic) bond motifs is 1. The third-order valence-corrected chi connectivity index (χ3v) is 2.95. The maximum absolute atomic E-state index is 11.7. The average molecular weight is 242 g/mol. The van der Waals surface area contributed by atoms with Gasteiger partial charge in [0.05, 0.1) is 12.7 Å². The number of esters is 1. The van der Waals surface area contributed by atoms with Gasteiger partial charge >= 0.3 is 5.97 Å². The van der Waals surface area contributed by atoms with Crippen LogP contribution in [0.4, 0.5) is 0 Å². The molecule has 0 N–H and O–H groups in total. The second-order valence-corrected chi connectivity index (χ2v) is 4.01. The molecule has 0 aliphatic heterocycles. The normalized spacial score (nSPS) is 10.3. The van der Waals surface area contributed by atoms with Crippen molar-refractivity contribution in [2.24, 2.45) is 0 Å². The van der Waals surface area contributed by atoms with E-state index in [9.17, 15) is 9.59 Å². The molecule has 0 amide bonds. The first-order valence-electron chi connectivity index (χ1n) is 5.80. The minimum absolute atomic E-state index is 0.340. The molecule has 18 heavy (non-hydrogen) atoms. The van der Waals surface area contributed by atoms with E-state index in [1.54, 1.807) is 6.07 Å². The van der Waals surface area contributed by atoms with Crippen molar-refractivity contribution in [3.63, 3.8) is 0 Å². The molecule has 2 rings (SSSR count). The molecule has 0 saturated carbocycles. The Hall–Kier alpha value is -2.16. The van der Waals surface area contributed by atoms with E-state index < -0.39 is 0 Å². The number of benzene rings is 2. The van der Waals surface area contributed by atoms with Crippen molar-refractivity contribution in [1.29, 1.82) is 0 Å². The maximum Gasteiger partial charge on any atom is 0.338 e. The maximum atomic E-state index is 11.7. The third-order valence-electron chi connectivity index (χ3n) is 2.95. The minimum Gasteiger partial charge on any atom is -0.465 e. The van der Waals surface area contributed by atoms with Gasteiger partial charge in [0.2, 0.25) is 0 Å². The highest BCUT2D eigenvalue weighted by Gasteiger charge is 2.11. The Kier molecular flexibility index (Phi) is 3.72. The summed E-state index contributed by atoms with van der Waals surface area (Å²) in [5.74, 6) is -0.340. The molecule has 0 aliphatic carbocycles. The van der Waals surface area contributed by atoms with E-state index in [0.29, 0.717) is 18.4 Å². The quantitative estimate of drug-likeness (QED) is 0.611. The van der Waals surface area contributed by atoms with E-state index in [1.165, 1.54) is 7.11 Å². The summed E-state index contributed by atoms with van der Waals surface area (Å²) < 4.78 is 4.77. The van der Waals surface area contributed by atoms with Crippen molar-refractivity contribution in [1.82, 2.24) is 0 Å². The lowest BCUT2D eigenvalue weighted by Gasteiger charge is -2.09. The molecule has 3 nitrogen and oxygen atoms in total. The van der Waals surface area contributed by atoms with Crippen molar-refractivity contribution < 1.29 is 14.3 Å². The topological polar surface area (TPSA) is 43.4 Å². The summed E-state index contributed by atoms with van der Waals surface area (Å²) >= 11 is 0. The number of methoxy groups -OCH3 is 1. The highest BCUT2D eigenvalue weighted by molar-refractivity contribution is 6.05. The van der Waals surface area contributed by atoms with Crippen LogP contribution in [0.2, 0.25) is 0 Å². The van der Waals surface area contributed by atoms with Gasteiger partial charge in [-0.3, -0.25) is 0 Å². The molecule has 0 aliphatic rings. The van der Waals surface area contributed by atoms with E-state index in [4.69, 9.17) is 4.74 Å². The van der Waals surface area contributed by atoms with Crippen LogP contribution in [0.5, 0.6) is 0 Å². The lowest BCUT2D eigenvalue weighted by atomic mass is 9.97. The molecular weight excluding hydrogens is 228 g/mol. The van der Waals surface area contributed by atoms with Crippen LogP contribution in [0.3, 0.4) is 0 Å². The van der Waals surface area contributed by atoms with Crippen molar-refractivity contribution in [3.8, 4) is 0 Å². The van der Waals surface area contributed by atoms with Gasteiger partial charge in [0, 0.05) is 6.42 Å². The largest absolute Gasteiger partial charge is 0.465 e. The van der Waals surface area contributed by atoms with E-state index >= 15 is 0 Å². The molecule has 0 radical (unpaired) electrons. The van der Waals surface area contributed by atoms with Crippen LogP contribution in [-0.4, -0.2) is 19.4 Å². The first-order valence-corrected chi connectivity index (χ1v) is 5.80. The van der Waals surface area contributed by atoms with Crippen molar-refractivity contribution in [3.05, 3.63) is 47.5 Å². The second-order valence-electron chi connectivity index (χ2n) is 4.01. The van der Waals surface area contributed by atoms with Gasteiger partial charge in [-0.1, -0.05) is 30.3 Å². The fourth-order valence-corrected chi connectivity index (χ4v) is 2.08. The van der Waals surface area contributed by atoms with Gasteiger partial charge in [0.1, 0.15) is 6.29 Å². The summed E-state index contributed by atoms with van der Waals surface area (Å²) in [6.45, 7) is 0. The van der Waals surface area contributed by atoms with E-state index in [-0.39, 0.29) is 5.97 Å². The fourth-order valence-electron chi connectivity index (χ4n) is 2.08. The molecule has 3 heteroatoms. The van der Waals surface area contributed by atoms with Gasteiger partial charge in [0.25, 0.3) is 0 Å². The summed E-state index contributed by atoms with van der Waals surface area (Å²) in [4.78, 5) is 22.1. The van der Waals surface area contributed by atoms with Crippen molar-refractivity contribution >= 4 is 23.0 Å². The average Bonchev–Trinajstić information content (AvgIpc) is 2.43. The SMILES string of the molecule is COC(=O)c1ccc(CCC=O)c2ccccc12. The number of ether oxygens (including phenoxy) is 1. The smallest absolute Gasteiger partial charge is 0.338 e. The summed E-state index contributed by atoms with van der Waals surface area (Å²) in [5, 5.41) is 1.87. The van der Waals surface area contributed by atoms with Gasteiger partial charge in [-0.2, -0.15) is 0 Å². The Bertz CT molecular complexity index is 587. The van der Waals surface area contributed by atoms with Gasteiger partial charge in [0.15, 0.2) is 0 Å². The molecule has 0 unspecified atom stereocenters. The fraction of sp³-hybridized carbons (Fsp3) is 0.200. The Morgan fingerprint density at radius 1 is 1.17 bits per heavy atom. The van der Waals surface area contributed by atoms with Gasteiger partial charge < -0.3 is 9.53 Å². The highest BCUT2D eigenvalue weighted by Crippen LogP contribution is 2.24. The van der Waals surface area contributed by atoms with Crippen LogP contribution in [-0.2, 0) is 16.0 Å². The van der Waals surface area contributed by atoms with Crippen LogP contribution < -0.4 is 0 Å². The van der Waals surface area contributed by atoms with E-state index in [2.05, 4.69) is 0 Å². The number of aldehydes is 1. The Morgan fingerprint density at radius 2 is 1.89 bits per heavy atom. The van der Waals surface area contributed by atoms with Crippen LogP contribution in [0.1, 0.15) is 22.3 Å². The molecule has 0 heterocycles. The van der Waals surface area contributed by atoms with Crippen LogP contribution in [0, 0.1) is 0 Å². The Morgan fingerprint density at radius 3 is 2.56 bits per heavy atom. The summed E-state index contributed by atoms with van der Waals surface area (Å²) in [6.07, 6.45) is 2.08.